The first-order chi connectivity index (χ1) is 8.62. The average Bonchev–Trinajstić information content (AvgIpc) is 2.26. The maximum absolute atomic E-state index is 8.88. The Morgan fingerprint density at radius 1 is 0.842 bits per heavy atom. The van der Waals surface area contributed by atoms with Gasteiger partial charge in [0.25, 0.3) is 0 Å². The molecule has 0 fully saturated rings. The first-order valence-corrected chi connectivity index (χ1v) is 8.79. The zero-order valence-electron chi connectivity index (χ0n) is 13.0. The highest BCUT2D eigenvalue weighted by Gasteiger charge is 2.09. The lowest BCUT2D eigenvalue weighted by Crippen LogP contribution is -2.39. The van der Waals surface area contributed by atoms with Crippen LogP contribution in [0.5, 0.6) is 0 Å². The molecule has 0 aromatic heterocycles. The summed E-state index contributed by atoms with van der Waals surface area (Å²) < 4.78 is 10.1. The molecule has 0 aromatic rings. The Hall–Kier alpha value is 0.0700. The summed E-state index contributed by atoms with van der Waals surface area (Å²) in [6, 6.07) is 0. The molecule has 0 saturated carbocycles. The molecule has 0 heterocycles. The Bertz CT molecular complexity index is 233. The van der Waals surface area contributed by atoms with E-state index in [0.29, 0.717) is 0 Å². The van der Waals surface area contributed by atoms with Crippen molar-refractivity contribution in [1.29, 1.82) is 0 Å². The van der Waals surface area contributed by atoms with E-state index in [-0.39, 0.29) is 0 Å². The van der Waals surface area contributed by atoms with Crippen LogP contribution in [0.3, 0.4) is 0 Å². The van der Waals surface area contributed by atoms with Crippen molar-refractivity contribution in [2.45, 2.75) is 58.8 Å². The largest absolute Gasteiger partial charge is 0.466 e. The molecule has 0 atom stereocenters. The number of quaternary nitrogens is 1. The van der Waals surface area contributed by atoms with Gasteiger partial charge in [0.2, 0.25) is 0 Å². The maximum Gasteiger partial charge on any atom is 0.466 e. The molecule has 5 nitrogen and oxygen atoms in total. The second kappa shape index (κ2) is 11.9. The highest BCUT2D eigenvalue weighted by atomic mass is 31.2. The fraction of sp³-hybridized carbons (Fsp3) is 1.00. The predicted molar refractivity (Wildman–Crippen MR) is 79.8 cm³/mol. The molecular weight excluding hydrogens is 265 g/mol. The summed E-state index contributed by atoms with van der Waals surface area (Å²) in [6.07, 6.45) is 9.98. The van der Waals surface area contributed by atoms with Gasteiger partial charge in [-0.3, -0.25) is 0 Å². The van der Waals surface area contributed by atoms with Gasteiger partial charge in [0.15, 0.2) is 0 Å². The van der Waals surface area contributed by atoms with Crippen LogP contribution in [-0.4, -0.2) is 46.3 Å². The minimum atomic E-state index is -4.64. The second-order valence-electron chi connectivity index (χ2n) is 5.61. The molecule has 3 N–H and O–H groups in total. The Balaban J connectivity index is 0. The standard InChI is InChI=1S/C13H30N.H3O4P/c1-5-7-8-9-10-11-12-13-14(3,4)6-2;1-5(2,3)4/h5-13H2,1-4H3;(H3,1,2,3,4)/q+1;. The lowest BCUT2D eigenvalue weighted by atomic mass is 10.1. The van der Waals surface area contributed by atoms with Crippen molar-refractivity contribution < 1.29 is 23.7 Å². The maximum atomic E-state index is 8.88. The zero-order chi connectivity index (χ0) is 15.4. The molecule has 0 amide bonds. The van der Waals surface area contributed by atoms with Crippen LogP contribution < -0.4 is 0 Å². The van der Waals surface area contributed by atoms with Gasteiger partial charge in [-0.25, -0.2) is 4.57 Å². The molecule has 0 aliphatic carbocycles. The Labute approximate surface area is 118 Å². The summed E-state index contributed by atoms with van der Waals surface area (Å²) in [5.74, 6) is 0. The molecule has 0 bridgehead atoms. The molecule has 6 heteroatoms. The molecule has 0 spiro atoms. The third-order valence-electron chi connectivity index (χ3n) is 3.22. The van der Waals surface area contributed by atoms with E-state index in [2.05, 4.69) is 27.9 Å². The van der Waals surface area contributed by atoms with Crippen LogP contribution in [0.4, 0.5) is 0 Å². The second-order valence-corrected chi connectivity index (χ2v) is 6.64. The van der Waals surface area contributed by atoms with E-state index in [9.17, 15) is 0 Å². The Morgan fingerprint density at radius 3 is 1.58 bits per heavy atom. The van der Waals surface area contributed by atoms with Crippen molar-refractivity contribution in [2.75, 3.05) is 27.2 Å². The summed E-state index contributed by atoms with van der Waals surface area (Å²) >= 11 is 0. The molecule has 0 radical (unpaired) electrons. The van der Waals surface area contributed by atoms with E-state index in [4.69, 9.17) is 19.2 Å². The van der Waals surface area contributed by atoms with Crippen molar-refractivity contribution in [3.05, 3.63) is 0 Å². The molecule has 118 valence electrons. The molecule has 0 saturated heterocycles. The summed E-state index contributed by atoms with van der Waals surface area (Å²) in [5.41, 5.74) is 0. The van der Waals surface area contributed by atoms with Crippen molar-refractivity contribution in [1.82, 2.24) is 0 Å². The zero-order valence-corrected chi connectivity index (χ0v) is 13.9. The van der Waals surface area contributed by atoms with Crippen LogP contribution in [0, 0.1) is 0 Å². The van der Waals surface area contributed by atoms with Gasteiger partial charge in [-0.05, 0) is 19.8 Å². The third kappa shape index (κ3) is 27.3. The Kier molecular flexibility index (Phi) is 13.3. The van der Waals surface area contributed by atoms with Gasteiger partial charge in [-0.1, -0.05) is 39.0 Å². The van der Waals surface area contributed by atoms with E-state index in [1.807, 2.05) is 0 Å². The number of unbranched alkanes of at least 4 members (excludes halogenated alkanes) is 6. The summed E-state index contributed by atoms with van der Waals surface area (Å²) in [6.45, 7) is 7.17. The van der Waals surface area contributed by atoms with E-state index in [0.717, 1.165) is 0 Å². The van der Waals surface area contributed by atoms with Crippen LogP contribution in [0.15, 0.2) is 0 Å². The molecule has 0 unspecified atom stereocenters. The molecule has 0 aliphatic heterocycles. The van der Waals surface area contributed by atoms with Gasteiger partial charge < -0.3 is 19.2 Å². The van der Waals surface area contributed by atoms with Crippen LogP contribution in [0.25, 0.3) is 0 Å². The molecule has 0 aromatic carbocycles. The van der Waals surface area contributed by atoms with Gasteiger partial charge in [-0.15, -0.1) is 0 Å². The number of nitrogens with zero attached hydrogens (tertiary/aromatic N) is 1. The highest BCUT2D eigenvalue weighted by molar-refractivity contribution is 7.45. The third-order valence-corrected chi connectivity index (χ3v) is 3.22. The smallest absolute Gasteiger partial charge is 0.329 e. The van der Waals surface area contributed by atoms with Crippen LogP contribution >= 0.6 is 7.82 Å². The van der Waals surface area contributed by atoms with E-state index >= 15 is 0 Å². The first kappa shape index (κ1) is 21.4. The summed E-state index contributed by atoms with van der Waals surface area (Å²) in [7, 11) is 0.0220. The molecule has 0 aliphatic rings. The van der Waals surface area contributed by atoms with E-state index < -0.39 is 7.82 Å². The van der Waals surface area contributed by atoms with Gasteiger partial charge in [0, 0.05) is 0 Å². The monoisotopic (exact) mass is 298 g/mol. The molecular formula is C13H33NO4P+. The van der Waals surface area contributed by atoms with Gasteiger partial charge >= 0.3 is 7.82 Å². The lowest BCUT2D eigenvalue weighted by molar-refractivity contribution is -0.888. The minimum Gasteiger partial charge on any atom is -0.329 e. The lowest BCUT2D eigenvalue weighted by Gasteiger charge is -2.28. The normalized spacial score (nSPS) is 11.9. The topological polar surface area (TPSA) is 77.8 Å². The predicted octanol–water partition coefficient (Wildman–Crippen LogP) is 2.90. The van der Waals surface area contributed by atoms with Gasteiger partial charge in [0.1, 0.15) is 0 Å². The average molecular weight is 298 g/mol. The van der Waals surface area contributed by atoms with Gasteiger partial charge in [-0.2, -0.15) is 0 Å². The van der Waals surface area contributed by atoms with E-state index in [1.165, 1.54) is 62.5 Å². The number of hydrogen-bond donors (Lipinski definition) is 3. The van der Waals surface area contributed by atoms with Gasteiger partial charge in [0.05, 0.1) is 27.2 Å². The molecule has 19 heavy (non-hydrogen) atoms. The number of hydrogen-bond acceptors (Lipinski definition) is 1. The number of rotatable bonds is 9. The summed E-state index contributed by atoms with van der Waals surface area (Å²) in [5, 5.41) is 0. The van der Waals surface area contributed by atoms with Crippen LogP contribution in [0.2, 0.25) is 0 Å². The van der Waals surface area contributed by atoms with Crippen molar-refractivity contribution in [3.63, 3.8) is 0 Å². The van der Waals surface area contributed by atoms with Crippen molar-refractivity contribution in [2.24, 2.45) is 0 Å². The fourth-order valence-electron chi connectivity index (χ4n) is 1.66. The van der Waals surface area contributed by atoms with Crippen LogP contribution in [0.1, 0.15) is 58.8 Å². The Morgan fingerprint density at radius 2 is 1.21 bits per heavy atom. The first-order valence-electron chi connectivity index (χ1n) is 7.22. The van der Waals surface area contributed by atoms with E-state index in [1.54, 1.807) is 0 Å². The fourth-order valence-corrected chi connectivity index (χ4v) is 1.66. The van der Waals surface area contributed by atoms with Crippen LogP contribution in [-0.2, 0) is 4.57 Å². The quantitative estimate of drug-likeness (QED) is 0.347. The minimum absolute atomic E-state index is 1.19. The SMILES string of the molecule is CCCCCCCCC[N+](C)(C)CC.O=P(O)(O)O. The number of phosphoric acid groups is 1. The summed E-state index contributed by atoms with van der Waals surface area (Å²) in [4.78, 5) is 21.6. The highest BCUT2D eigenvalue weighted by Crippen LogP contribution is 2.25. The molecule has 0 rings (SSSR count). The van der Waals surface area contributed by atoms with Crippen molar-refractivity contribution >= 4 is 7.82 Å². The van der Waals surface area contributed by atoms with Crippen molar-refractivity contribution in [3.8, 4) is 0 Å².